The summed E-state index contributed by atoms with van der Waals surface area (Å²) in [6.45, 7) is 10.2. The van der Waals surface area contributed by atoms with Crippen molar-refractivity contribution in [2.45, 2.75) is 59.3 Å². The molecule has 128 valence electrons. The summed E-state index contributed by atoms with van der Waals surface area (Å²) in [5.74, 6) is 1.05. The Balaban J connectivity index is 2.42. The molecular weight excluding hydrogens is 276 g/mol. The first-order valence-corrected chi connectivity index (χ1v) is 8.77. The van der Waals surface area contributed by atoms with Crippen LogP contribution in [0.2, 0.25) is 0 Å². The standard InChI is InChI=1S/C17H34N4O/c1-5-9-17(3)10-7-13-21(14-17)16(18-4)20-12-8-15(22)19-11-6-2/h5-14H2,1-4H3,(H,18,20)(H,19,22). The van der Waals surface area contributed by atoms with Crippen LogP contribution in [-0.4, -0.2) is 50.0 Å². The summed E-state index contributed by atoms with van der Waals surface area (Å²) in [7, 11) is 1.82. The number of hydrogen-bond acceptors (Lipinski definition) is 2. The van der Waals surface area contributed by atoms with Gasteiger partial charge in [0.05, 0.1) is 0 Å². The number of likely N-dealkylation sites (tertiary alicyclic amines) is 1. The molecule has 22 heavy (non-hydrogen) atoms. The number of hydrogen-bond donors (Lipinski definition) is 2. The zero-order valence-electron chi connectivity index (χ0n) is 14.9. The molecule has 1 amide bonds. The van der Waals surface area contributed by atoms with Crippen molar-refractivity contribution in [1.29, 1.82) is 0 Å². The van der Waals surface area contributed by atoms with Crippen molar-refractivity contribution in [2.24, 2.45) is 10.4 Å². The lowest BCUT2D eigenvalue weighted by atomic mass is 9.78. The Morgan fingerprint density at radius 1 is 1.23 bits per heavy atom. The fourth-order valence-electron chi connectivity index (χ4n) is 3.28. The van der Waals surface area contributed by atoms with Gasteiger partial charge in [-0.15, -0.1) is 0 Å². The fourth-order valence-corrected chi connectivity index (χ4v) is 3.28. The first kappa shape index (κ1) is 18.8. The van der Waals surface area contributed by atoms with Crippen molar-refractivity contribution in [3.05, 3.63) is 0 Å². The molecule has 0 aromatic carbocycles. The number of carbonyl (C=O) groups excluding carboxylic acids is 1. The molecule has 0 aromatic rings. The second-order valence-corrected chi connectivity index (χ2v) is 6.66. The SMILES string of the molecule is CCCNC(=O)CCNC(=NC)N1CCCC(C)(CCC)C1. The van der Waals surface area contributed by atoms with Gasteiger partial charge in [0, 0.05) is 39.6 Å². The highest BCUT2D eigenvalue weighted by atomic mass is 16.1. The van der Waals surface area contributed by atoms with Crippen LogP contribution in [0, 0.1) is 5.41 Å². The van der Waals surface area contributed by atoms with Crippen molar-refractivity contribution in [1.82, 2.24) is 15.5 Å². The summed E-state index contributed by atoms with van der Waals surface area (Å²) in [4.78, 5) is 18.4. The van der Waals surface area contributed by atoms with Crippen LogP contribution >= 0.6 is 0 Å². The lowest BCUT2D eigenvalue weighted by Crippen LogP contribution is -2.50. The van der Waals surface area contributed by atoms with Crippen LogP contribution in [0.1, 0.15) is 59.3 Å². The third kappa shape index (κ3) is 6.24. The minimum Gasteiger partial charge on any atom is -0.356 e. The van der Waals surface area contributed by atoms with E-state index in [2.05, 4.69) is 41.3 Å². The first-order valence-electron chi connectivity index (χ1n) is 8.77. The molecular formula is C17H34N4O. The minimum atomic E-state index is 0.110. The van der Waals surface area contributed by atoms with Crippen LogP contribution in [0.3, 0.4) is 0 Å². The third-order valence-electron chi connectivity index (χ3n) is 4.35. The van der Waals surface area contributed by atoms with Gasteiger partial charge in [0.25, 0.3) is 0 Å². The average Bonchev–Trinajstić information content (AvgIpc) is 2.49. The molecule has 1 aliphatic heterocycles. The predicted molar refractivity (Wildman–Crippen MR) is 93.1 cm³/mol. The Hall–Kier alpha value is -1.26. The molecule has 1 saturated heterocycles. The smallest absolute Gasteiger partial charge is 0.221 e. The van der Waals surface area contributed by atoms with Gasteiger partial charge in [-0.1, -0.05) is 27.2 Å². The normalized spacial score (nSPS) is 22.5. The van der Waals surface area contributed by atoms with E-state index in [-0.39, 0.29) is 5.91 Å². The largest absolute Gasteiger partial charge is 0.356 e. The summed E-state index contributed by atoms with van der Waals surface area (Å²) in [5.41, 5.74) is 0.392. The average molecular weight is 310 g/mol. The van der Waals surface area contributed by atoms with Gasteiger partial charge in [0.15, 0.2) is 5.96 Å². The Labute approximate surface area is 135 Å². The summed E-state index contributed by atoms with van der Waals surface area (Å²) >= 11 is 0. The Morgan fingerprint density at radius 2 is 2.00 bits per heavy atom. The molecule has 5 nitrogen and oxygen atoms in total. The van der Waals surface area contributed by atoms with E-state index in [1.54, 1.807) is 0 Å². The van der Waals surface area contributed by atoms with Gasteiger partial charge < -0.3 is 15.5 Å². The maximum Gasteiger partial charge on any atom is 0.221 e. The second-order valence-electron chi connectivity index (χ2n) is 6.66. The van der Waals surface area contributed by atoms with E-state index in [0.717, 1.165) is 32.0 Å². The van der Waals surface area contributed by atoms with Crippen molar-refractivity contribution in [3.8, 4) is 0 Å². The number of carbonyl (C=O) groups is 1. The first-order chi connectivity index (χ1) is 10.5. The van der Waals surface area contributed by atoms with Gasteiger partial charge in [0.1, 0.15) is 0 Å². The topological polar surface area (TPSA) is 56.7 Å². The highest BCUT2D eigenvalue weighted by molar-refractivity contribution is 5.81. The maximum atomic E-state index is 11.6. The maximum absolute atomic E-state index is 11.6. The summed E-state index contributed by atoms with van der Waals surface area (Å²) in [5, 5.41) is 6.24. The molecule has 1 rings (SSSR count). The van der Waals surface area contributed by atoms with E-state index in [4.69, 9.17) is 0 Å². The van der Waals surface area contributed by atoms with E-state index in [0.29, 0.717) is 18.4 Å². The molecule has 1 heterocycles. The molecule has 2 N–H and O–H groups in total. The Bertz CT molecular complexity index is 366. The van der Waals surface area contributed by atoms with Crippen molar-refractivity contribution < 1.29 is 4.79 Å². The van der Waals surface area contributed by atoms with E-state index >= 15 is 0 Å². The Morgan fingerprint density at radius 3 is 2.64 bits per heavy atom. The Kier molecular flexibility index (Phi) is 8.28. The molecule has 0 aliphatic carbocycles. The summed E-state index contributed by atoms with van der Waals surface area (Å²) < 4.78 is 0. The van der Waals surface area contributed by atoms with E-state index in [9.17, 15) is 4.79 Å². The van der Waals surface area contributed by atoms with Gasteiger partial charge >= 0.3 is 0 Å². The van der Waals surface area contributed by atoms with Crippen molar-refractivity contribution in [3.63, 3.8) is 0 Å². The molecule has 5 heteroatoms. The molecule has 0 radical (unpaired) electrons. The summed E-state index contributed by atoms with van der Waals surface area (Å²) in [6, 6.07) is 0. The van der Waals surface area contributed by atoms with E-state index in [1.807, 2.05) is 7.05 Å². The highest BCUT2D eigenvalue weighted by Gasteiger charge is 2.31. The van der Waals surface area contributed by atoms with Crippen LogP contribution < -0.4 is 10.6 Å². The zero-order chi connectivity index (χ0) is 16.4. The van der Waals surface area contributed by atoms with Crippen LogP contribution in [0.25, 0.3) is 0 Å². The van der Waals surface area contributed by atoms with Crippen LogP contribution in [0.5, 0.6) is 0 Å². The van der Waals surface area contributed by atoms with Crippen LogP contribution in [-0.2, 0) is 4.79 Å². The van der Waals surface area contributed by atoms with Crippen molar-refractivity contribution >= 4 is 11.9 Å². The second kappa shape index (κ2) is 9.70. The van der Waals surface area contributed by atoms with E-state index in [1.165, 1.54) is 25.7 Å². The van der Waals surface area contributed by atoms with Gasteiger partial charge in [-0.25, -0.2) is 0 Å². The van der Waals surface area contributed by atoms with Gasteiger partial charge in [0.2, 0.25) is 5.91 Å². The number of nitrogens with one attached hydrogen (secondary N) is 2. The number of aliphatic imine (C=N–C) groups is 1. The zero-order valence-corrected chi connectivity index (χ0v) is 14.9. The molecule has 0 aromatic heterocycles. The number of amides is 1. The molecule has 0 spiro atoms. The quantitative estimate of drug-likeness (QED) is 0.561. The minimum absolute atomic E-state index is 0.110. The number of rotatable bonds is 7. The monoisotopic (exact) mass is 310 g/mol. The number of nitrogens with zero attached hydrogens (tertiary/aromatic N) is 2. The highest BCUT2D eigenvalue weighted by Crippen LogP contribution is 2.33. The molecule has 0 saturated carbocycles. The van der Waals surface area contributed by atoms with Gasteiger partial charge in [-0.2, -0.15) is 0 Å². The van der Waals surface area contributed by atoms with Crippen molar-refractivity contribution in [2.75, 3.05) is 33.2 Å². The van der Waals surface area contributed by atoms with Crippen LogP contribution in [0.15, 0.2) is 4.99 Å². The molecule has 1 atom stereocenters. The van der Waals surface area contributed by atoms with Gasteiger partial charge in [-0.05, 0) is 31.1 Å². The van der Waals surface area contributed by atoms with Gasteiger partial charge in [-0.3, -0.25) is 9.79 Å². The molecule has 1 fully saturated rings. The number of guanidine groups is 1. The lowest BCUT2D eigenvalue weighted by Gasteiger charge is -2.42. The van der Waals surface area contributed by atoms with E-state index < -0.39 is 0 Å². The third-order valence-corrected chi connectivity index (χ3v) is 4.35. The number of piperidine rings is 1. The lowest BCUT2D eigenvalue weighted by molar-refractivity contribution is -0.120. The van der Waals surface area contributed by atoms with Crippen LogP contribution in [0.4, 0.5) is 0 Å². The summed E-state index contributed by atoms with van der Waals surface area (Å²) in [6.07, 6.45) is 6.49. The molecule has 1 aliphatic rings. The molecule has 1 unspecified atom stereocenters. The fraction of sp³-hybridized carbons (Fsp3) is 0.882. The molecule has 0 bridgehead atoms. The predicted octanol–water partition coefficient (Wildman–Crippen LogP) is 2.38.